The van der Waals surface area contributed by atoms with Gasteiger partial charge in [0.25, 0.3) is 0 Å². The second-order valence-electron chi connectivity index (χ2n) is 7.93. The number of nitrogens with two attached hydrogens (primary N) is 1. The van der Waals surface area contributed by atoms with Crippen molar-refractivity contribution in [3.05, 3.63) is 0 Å². The van der Waals surface area contributed by atoms with Crippen LogP contribution in [-0.4, -0.2) is 80.8 Å². The highest BCUT2D eigenvalue weighted by Crippen LogP contribution is 2.27. The van der Waals surface area contributed by atoms with E-state index < -0.39 is 0 Å². The summed E-state index contributed by atoms with van der Waals surface area (Å²) in [5.74, 6) is 0.756. The lowest BCUT2D eigenvalue weighted by molar-refractivity contribution is -0.123. The number of halogens is 2. The Morgan fingerprint density at radius 2 is 2.04 bits per heavy atom. The molecule has 6 nitrogen and oxygen atoms in total. The van der Waals surface area contributed by atoms with Crippen LogP contribution in [0, 0.1) is 11.3 Å². The summed E-state index contributed by atoms with van der Waals surface area (Å²) in [5.41, 5.74) is 5.99. The molecule has 25 heavy (non-hydrogen) atoms. The van der Waals surface area contributed by atoms with Crippen LogP contribution in [0.4, 0.5) is 0 Å². The van der Waals surface area contributed by atoms with Crippen LogP contribution in [0.1, 0.15) is 27.2 Å². The van der Waals surface area contributed by atoms with E-state index >= 15 is 0 Å². The number of hydrogen-bond donors (Lipinski definition) is 2. The second kappa shape index (κ2) is 11.6. The first-order valence-electron chi connectivity index (χ1n) is 8.93. The van der Waals surface area contributed by atoms with E-state index in [0.717, 1.165) is 45.8 Å². The molecule has 0 aromatic carbocycles. The van der Waals surface area contributed by atoms with Gasteiger partial charge in [0, 0.05) is 32.7 Å². The Morgan fingerprint density at radius 1 is 1.32 bits per heavy atom. The summed E-state index contributed by atoms with van der Waals surface area (Å²) in [6, 6.07) is 0. The molecule has 0 aliphatic carbocycles. The summed E-state index contributed by atoms with van der Waals surface area (Å²) in [5, 5.41) is 3.03. The van der Waals surface area contributed by atoms with Crippen molar-refractivity contribution < 1.29 is 9.53 Å². The van der Waals surface area contributed by atoms with Gasteiger partial charge in [0.1, 0.15) is 0 Å². The SMILES string of the molecule is CC(C)CN1CCOC(CNC(=O)CN2CCC(C)(CN)C2)C1.Cl.Cl. The van der Waals surface area contributed by atoms with Gasteiger partial charge >= 0.3 is 0 Å². The van der Waals surface area contributed by atoms with E-state index in [1.807, 2.05) is 0 Å². The highest BCUT2D eigenvalue weighted by atomic mass is 35.5. The van der Waals surface area contributed by atoms with Crippen molar-refractivity contribution in [1.29, 1.82) is 0 Å². The number of carbonyl (C=O) groups excluding carboxylic acids is 1. The van der Waals surface area contributed by atoms with Crippen LogP contribution in [0.3, 0.4) is 0 Å². The zero-order valence-electron chi connectivity index (χ0n) is 15.8. The number of hydrogen-bond acceptors (Lipinski definition) is 5. The molecule has 0 aromatic heterocycles. The number of rotatable bonds is 7. The number of carbonyl (C=O) groups is 1. The van der Waals surface area contributed by atoms with E-state index in [2.05, 4.69) is 35.9 Å². The molecule has 0 aromatic rings. The van der Waals surface area contributed by atoms with Gasteiger partial charge in [0.05, 0.1) is 19.3 Å². The predicted molar refractivity (Wildman–Crippen MR) is 107 cm³/mol. The van der Waals surface area contributed by atoms with Crippen molar-refractivity contribution in [2.45, 2.75) is 33.3 Å². The standard InChI is InChI=1S/C17H34N4O2.2ClH/c1-14(2)9-20-6-7-23-15(10-20)8-19-16(22)11-21-5-4-17(3,12-18)13-21;;/h14-15H,4-13,18H2,1-3H3,(H,19,22);2*1H. The topological polar surface area (TPSA) is 70.8 Å². The molecule has 0 spiro atoms. The van der Waals surface area contributed by atoms with Crippen molar-refractivity contribution in [3.8, 4) is 0 Å². The van der Waals surface area contributed by atoms with Gasteiger partial charge in [0.2, 0.25) is 5.91 Å². The van der Waals surface area contributed by atoms with E-state index in [1.165, 1.54) is 0 Å². The molecule has 0 saturated carbocycles. The zero-order valence-corrected chi connectivity index (χ0v) is 17.5. The molecule has 2 aliphatic heterocycles. The van der Waals surface area contributed by atoms with Crippen LogP contribution in [0.5, 0.6) is 0 Å². The molecule has 2 unspecified atom stereocenters. The summed E-state index contributed by atoms with van der Waals surface area (Å²) in [6.45, 7) is 14.1. The molecule has 2 rings (SSSR count). The number of amides is 1. The molecule has 2 saturated heterocycles. The van der Waals surface area contributed by atoms with Crippen molar-refractivity contribution in [3.63, 3.8) is 0 Å². The Kier molecular flexibility index (Phi) is 11.5. The van der Waals surface area contributed by atoms with E-state index in [0.29, 0.717) is 25.6 Å². The van der Waals surface area contributed by atoms with Gasteiger partial charge in [-0.15, -0.1) is 24.8 Å². The largest absolute Gasteiger partial charge is 0.374 e. The second-order valence-corrected chi connectivity index (χ2v) is 7.93. The van der Waals surface area contributed by atoms with Crippen molar-refractivity contribution in [1.82, 2.24) is 15.1 Å². The first-order chi connectivity index (χ1) is 10.9. The van der Waals surface area contributed by atoms with Crippen molar-refractivity contribution in [2.75, 3.05) is 59.0 Å². The van der Waals surface area contributed by atoms with Gasteiger partial charge in [-0.05, 0) is 30.8 Å². The third kappa shape index (κ3) is 8.41. The quantitative estimate of drug-likeness (QED) is 0.668. The fourth-order valence-electron chi connectivity index (χ4n) is 3.50. The lowest BCUT2D eigenvalue weighted by Gasteiger charge is -2.34. The Labute approximate surface area is 165 Å². The summed E-state index contributed by atoms with van der Waals surface area (Å²) < 4.78 is 5.77. The van der Waals surface area contributed by atoms with Crippen LogP contribution in [0.25, 0.3) is 0 Å². The molecule has 1 amide bonds. The monoisotopic (exact) mass is 398 g/mol. The highest BCUT2D eigenvalue weighted by Gasteiger charge is 2.33. The molecule has 2 heterocycles. The molecule has 2 aliphatic rings. The van der Waals surface area contributed by atoms with Crippen LogP contribution in [-0.2, 0) is 9.53 Å². The fraction of sp³-hybridized carbons (Fsp3) is 0.941. The summed E-state index contributed by atoms with van der Waals surface area (Å²) in [7, 11) is 0. The van der Waals surface area contributed by atoms with E-state index in [1.54, 1.807) is 0 Å². The normalized spacial score (nSPS) is 27.6. The molecular formula is C17H36Cl2N4O2. The van der Waals surface area contributed by atoms with Crippen LogP contribution >= 0.6 is 24.8 Å². The van der Waals surface area contributed by atoms with Gasteiger partial charge < -0.3 is 15.8 Å². The molecule has 0 radical (unpaired) electrons. The Hall–Kier alpha value is -0.110. The number of ether oxygens (including phenoxy) is 1. The lowest BCUT2D eigenvalue weighted by atomic mass is 9.90. The molecule has 0 bridgehead atoms. The lowest BCUT2D eigenvalue weighted by Crippen LogP contribution is -2.49. The van der Waals surface area contributed by atoms with Gasteiger partial charge in [-0.2, -0.15) is 0 Å². The number of morpholine rings is 1. The summed E-state index contributed by atoms with van der Waals surface area (Å²) in [4.78, 5) is 16.8. The number of nitrogens with zero attached hydrogens (tertiary/aromatic N) is 2. The summed E-state index contributed by atoms with van der Waals surface area (Å²) in [6.07, 6.45) is 1.19. The third-order valence-corrected chi connectivity index (χ3v) is 4.87. The molecule has 3 N–H and O–H groups in total. The van der Waals surface area contributed by atoms with Crippen LogP contribution < -0.4 is 11.1 Å². The minimum absolute atomic E-state index is 0. The fourth-order valence-corrected chi connectivity index (χ4v) is 3.50. The maximum Gasteiger partial charge on any atom is 0.234 e. The summed E-state index contributed by atoms with van der Waals surface area (Å²) >= 11 is 0. The van der Waals surface area contributed by atoms with E-state index in [-0.39, 0.29) is 42.2 Å². The average Bonchev–Trinajstić information content (AvgIpc) is 2.87. The average molecular weight is 399 g/mol. The number of nitrogens with one attached hydrogen (secondary N) is 1. The molecule has 8 heteroatoms. The zero-order chi connectivity index (χ0) is 16.9. The predicted octanol–water partition coefficient (Wildman–Crippen LogP) is 0.974. The first-order valence-corrected chi connectivity index (χ1v) is 8.93. The van der Waals surface area contributed by atoms with E-state index in [4.69, 9.17) is 10.5 Å². The van der Waals surface area contributed by atoms with Crippen LogP contribution in [0.15, 0.2) is 0 Å². The smallest absolute Gasteiger partial charge is 0.234 e. The maximum absolute atomic E-state index is 12.1. The van der Waals surface area contributed by atoms with E-state index in [9.17, 15) is 4.79 Å². The van der Waals surface area contributed by atoms with Crippen molar-refractivity contribution >= 4 is 30.7 Å². The Bertz CT molecular complexity index is 401. The molecule has 150 valence electrons. The molecule has 2 atom stereocenters. The maximum atomic E-state index is 12.1. The minimum atomic E-state index is 0. The van der Waals surface area contributed by atoms with Gasteiger partial charge in [-0.25, -0.2) is 0 Å². The Balaban J connectivity index is 0.00000288. The Morgan fingerprint density at radius 3 is 2.64 bits per heavy atom. The first kappa shape index (κ1) is 24.9. The minimum Gasteiger partial charge on any atom is -0.374 e. The van der Waals surface area contributed by atoms with Crippen molar-refractivity contribution in [2.24, 2.45) is 17.1 Å². The number of likely N-dealkylation sites (tertiary alicyclic amines) is 1. The van der Waals surface area contributed by atoms with Gasteiger partial charge in [-0.1, -0.05) is 20.8 Å². The third-order valence-electron chi connectivity index (χ3n) is 4.87. The molecular weight excluding hydrogens is 363 g/mol. The van der Waals surface area contributed by atoms with Crippen LogP contribution in [0.2, 0.25) is 0 Å². The van der Waals surface area contributed by atoms with Gasteiger partial charge in [-0.3, -0.25) is 14.6 Å². The van der Waals surface area contributed by atoms with Gasteiger partial charge in [0.15, 0.2) is 0 Å². The highest BCUT2D eigenvalue weighted by molar-refractivity contribution is 5.85. The molecule has 2 fully saturated rings.